The van der Waals surface area contributed by atoms with Crippen molar-refractivity contribution in [3.05, 3.63) is 64.5 Å². The maximum Gasteiger partial charge on any atom is 0.414 e. The Morgan fingerprint density at radius 2 is 1.91 bits per heavy atom. The molecule has 0 saturated heterocycles. The standard InChI is InChI=1S/C22H21F2N3O4S2/c1-12(16-9-17(23)20(18(24)10-16)27-33(2,29)30)25-22(28)31-19-11-32-21(26-19)15-5-3-4-14(8-15)13-6-7-13/h3-5,8-13,27H,6-7H2,1-2H3,(H,25,28). The molecule has 3 aromatic rings. The van der Waals surface area contributed by atoms with Crippen molar-refractivity contribution in [1.82, 2.24) is 10.3 Å². The average molecular weight is 494 g/mol. The lowest BCUT2D eigenvalue weighted by molar-refractivity contribution is 0.195. The van der Waals surface area contributed by atoms with E-state index in [1.807, 2.05) is 12.1 Å². The fourth-order valence-electron chi connectivity index (χ4n) is 3.29. The van der Waals surface area contributed by atoms with E-state index in [1.54, 1.807) is 10.1 Å². The Labute approximate surface area is 193 Å². The quantitative estimate of drug-likeness (QED) is 0.472. The first kappa shape index (κ1) is 23.1. The molecule has 11 heteroatoms. The topological polar surface area (TPSA) is 97.4 Å². The minimum atomic E-state index is -3.86. The van der Waals surface area contributed by atoms with E-state index in [0.717, 1.165) is 24.0 Å². The molecule has 1 aliphatic carbocycles. The molecule has 1 fully saturated rings. The van der Waals surface area contributed by atoms with Crippen LogP contribution in [-0.4, -0.2) is 25.8 Å². The van der Waals surface area contributed by atoms with Crippen LogP contribution in [-0.2, 0) is 10.0 Å². The summed E-state index contributed by atoms with van der Waals surface area (Å²) in [4.78, 5) is 16.6. The van der Waals surface area contributed by atoms with Crippen LogP contribution < -0.4 is 14.8 Å². The van der Waals surface area contributed by atoms with Crippen molar-refractivity contribution in [2.24, 2.45) is 0 Å². The molecule has 1 atom stereocenters. The first-order valence-electron chi connectivity index (χ1n) is 10.1. The molecular weight excluding hydrogens is 472 g/mol. The first-order chi connectivity index (χ1) is 15.6. The lowest BCUT2D eigenvalue weighted by atomic mass is 10.1. The van der Waals surface area contributed by atoms with Gasteiger partial charge in [0.1, 0.15) is 10.7 Å². The Morgan fingerprint density at radius 3 is 2.55 bits per heavy atom. The van der Waals surface area contributed by atoms with Gasteiger partial charge in [-0.1, -0.05) is 18.2 Å². The van der Waals surface area contributed by atoms with E-state index in [1.165, 1.54) is 36.7 Å². The minimum Gasteiger partial charge on any atom is -0.390 e. The zero-order valence-corrected chi connectivity index (χ0v) is 19.4. The van der Waals surface area contributed by atoms with Crippen LogP contribution in [0.1, 0.15) is 42.9 Å². The van der Waals surface area contributed by atoms with E-state index in [-0.39, 0.29) is 11.4 Å². The summed E-state index contributed by atoms with van der Waals surface area (Å²) in [6, 6.07) is 9.17. The number of rotatable bonds is 7. The zero-order valence-electron chi connectivity index (χ0n) is 17.8. The van der Waals surface area contributed by atoms with Gasteiger partial charge in [-0.25, -0.2) is 27.0 Å². The third-order valence-corrected chi connectivity index (χ3v) is 6.49. The van der Waals surface area contributed by atoms with Gasteiger partial charge in [-0.15, -0.1) is 11.3 Å². The molecule has 174 valence electrons. The van der Waals surface area contributed by atoms with Gasteiger partial charge in [-0.05, 0) is 55.0 Å². The summed E-state index contributed by atoms with van der Waals surface area (Å²) in [6.07, 6.45) is 2.33. The monoisotopic (exact) mass is 493 g/mol. The molecular formula is C22H21F2N3O4S2. The number of hydrogen-bond donors (Lipinski definition) is 2. The second-order valence-electron chi connectivity index (χ2n) is 7.88. The number of carbonyl (C=O) groups is 1. The summed E-state index contributed by atoms with van der Waals surface area (Å²) in [5.41, 5.74) is 1.53. The number of halogens is 2. The molecule has 1 heterocycles. The van der Waals surface area contributed by atoms with Gasteiger partial charge in [0.15, 0.2) is 11.6 Å². The zero-order chi connectivity index (χ0) is 23.8. The summed E-state index contributed by atoms with van der Waals surface area (Å²) in [6.45, 7) is 1.51. The van der Waals surface area contributed by atoms with Crippen molar-refractivity contribution in [1.29, 1.82) is 0 Å². The number of ether oxygens (including phenoxy) is 1. The van der Waals surface area contributed by atoms with E-state index in [9.17, 15) is 22.0 Å². The lowest BCUT2D eigenvalue weighted by Crippen LogP contribution is -2.29. The summed E-state index contributed by atoms with van der Waals surface area (Å²) >= 11 is 1.34. The first-order valence-corrected chi connectivity index (χ1v) is 12.9. The molecule has 1 amide bonds. The third-order valence-electron chi connectivity index (χ3n) is 5.05. The van der Waals surface area contributed by atoms with Crippen molar-refractivity contribution in [2.45, 2.75) is 31.7 Å². The third kappa shape index (κ3) is 5.85. The van der Waals surface area contributed by atoms with Crippen LogP contribution in [0, 0.1) is 11.6 Å². The summed E-state index contributed by atoms with van der Waals surface area (Å²) in [5, 5.41) is 4.80. The minimum absolute atomic E-state index is 0.0943. The molecule has 33 heavy (non-hydrogen) atoms. The van der Waals surface area contributed by atoms with Gasteiger partial charge in [0.2, 0.25) is 15.9 Å². The van der Waals surface area contributed by atoms with Crippen LogP contribution in [0.5, 0.6) is 5.88 Å². The Hall–Kier alpha value is -3.05. The Balaban J connectivity index is 1.40. The number of hydrogen-bond acceptors (Lipinski definition) is 6. The Morgan fingerprint density at radius 1 is 1.21 bits per heavy atom. The van der Waals surface area contributed by atoms with Gasteiger partial charge in [0.25, 0.3) is 0 Å². The van der Waals surface area contributed by atoms with Crippen LogP contribution in [0.2, 0.25) is 0 Å². The molecule has 2 aromatic carbocycles. The number of carbonyl (C=O) groups excluding carboxylic acids is 1. The van der Waals surface area contributed by atoms with Crippen molar-refractivity contribution in [2.75, 3.05) is 11.0 Å². The molecule has 1 aromatic heterocycles. The van der Waals surface area contributed by atoms with E-state index >= 15 is 0 Å². The highest BCUT2D eigenvalue weighted by molar-refractivity contribution is 7.92. The highest BCUT2D eigenvalue weighted by Gasteiger charge is 2.24. The van der Waals surface area contributed by atoms with Crippen LogP contribution in [0.4, 0.5) is 19.3 Å². The van der Waals surface area contributed by atoms with E-state index in [2.05, 4.69) is 22.4 Å². The number of sulfonamides is 1. The summed E-state index contributed by atoms with van der Waals surface area (Å²) in [7, 11) is -3.86. The van der Waals surface area contributed by atoms with E-state index in [4.69, 9.17) is 4.74 Å². The molecule has 1 saturated carbocycles. The van der Waals surface area contributed by atoms with Gasteiger partial charge in [-0.2, -0.15) is 0 Å². The number of nitrogens with one attached hydrogen (secondary N) is 2. The number of benzene rings is 2. The number of nitrogens with zero attached hydrogens (tertiary/aromatic N) is 1. The predicted molar refractivity (Wildman–Crippen MR) is 122 cm³/mol. The van der Waals surface area contributed by atoms with Gasteiger partial charge in [0.05, 0.1) is 17.7 Å². The summed E-state index contributed by atoms with van der Waals surface area (Å²) in [5.74, 6) is -1.48. The van der Waals surface area contributed by atoms with Crippen molar-refractivity contribution >= 4 is 33.1 Å². The average Bonchev–Trinajstić information content (AvgIpc) is 3.49. The molecule has 0 bridgehead atoms. The van der Waals surface area contributed by atoms with Gasteiger partial charge in [-0.3, -0.25) is 4.72 Å². The van der Waals surface area contributed by atoms with E-state index < -0.39 is 39.5 Å². The maximum atomic E-state index is 14.2. The van der Waals surface area contributed by atoms with Gasteiger partial charge >= 0.3 is 6.09 Å². The fraction of sp³-hybridized carbons (Fsp3) is 0.273. The molecule has 1 aliphatic rings. The van der Waals surface area contributed by atoms with Crippen molar-refractivity contribution in [3.63, 3.8) is 0 Å². The highest BCUT2D eigenvalue weighted by Crippen LogP contribution is 2.41. The van der Waals surface area contributed by atoms with Gasteiger partial charge < -0.3 is 10.1 Å². The SMILES string of the molecule is CC(NC(=O)Oc1csc(-c2cccc(C3CC3)c2)n1)c1cc(F)c(NS(C)(=O)=O)c(F)c1. The number of thiazole rings is 1. The molecule has 1 unspecified atom stereocenters. The predicted octanol–water partition coefficient (Wildman–Crippen LogP) is 5.19. The smallest absolute Gasteiger partial charge is 0.390 e. The van der Waals surface area contributed by atoms with E-state index in [0.29, 0.717) is 10.9 Å². The van der Waals surface area contributed by atoms with Crippen molar-refractivity contribution in [3.8, 4) is 16.5 Å². The van der Waals surface area contributed by atoms with Crippen molar-refractivity contribution < 1.29 is 26.7 Å². The van der Waals surface area contributed by atoms with Crippen LogP contribution in [0.25, 0.3) is 10.6 Å². The maximum absolute atomic E-state index is 14.2. The largest absolute Gasteiger partial charge is 0.414 e. The number of amides is 1. The Bertz CT molecular complexity index is 1280. The second kappa shape index (κ2) is 9.06. The van der Waals surface area contributed by atoms with Crippen LogP contribution in [0.3, 0.4) is 0 Å². The molecule has 4 rings (SSSR count). The molecule has 0 spiro atoms. The normalized spacial score (nSPS) is 14.5. The fourth-order valence-corrected chi connectivity index (χ4v) is 4.58. The highest BCUT2D eigenvalue weighted by atomic mass is 32.2. The van der Waals surface area contributed by atoms with Gasteiger partial charge in [0, 0.05) is 5.56 Å². The number of aromatic nitrogens is 1. The Kier molecular flexibility index (Phi) is 6.35. The van der Waals surface area contributed by atoms with Crippen LogP contribution in [0.15, 0.2) is 41.8 Å². The molecule has 0 radical (unpaired) electrons. The second-order valence-corrected chi connectivity index (χ2v) is 10.5. The van der Waals surface area contributed by atoms with Crippen LogP contribution >= 0.6 is 11.3 Å². The lowest BCUT2D eigenvalue weighted by Gasteiger charge is -2.15. The molecule has 0 aliphatic heterocycles. The molecule has 7 nitrogen and oxygen atoms in total. The summed E-state index contributed by atoms with van der Waals surface area (Å²) < 4.78 is 58.0. The number of anilines is 1. The molecule has 2 N–H and O–H groups in total.